The molecule has 0 N–H and O–H groups in total. The molecule has 1 rings (SSSR count). The van der Waals surface area contributed by atoms with E-state index in [1.807, 2.05) is 14.0 Å². The summed E-state index contributed by atoms with van der Waals surface area (Å²) in [5.41, 5.74) is 0.810. The lowest BCUT2D eigenvalue weighted by atomic mass is 10.3. The molecule has 4 heteroatoms. The molecule has 0 amide bonds. The number of aromatic nitrogens is 2. The number of nitrogens with zero attached hydrogens (tertiary/aromatic N) is 2. The molecule has 0 radical (unpaired) electrons. The van der Waals surface area contributed by atoms with Crippen LogP contribution in [-0.2, 0) is 18.4 Å². The van der Waals surface area contributed by atoms with Gasteiger partial charge in [-0.15, -0.1) is 0 Å². The Balaban J connectivity index is 2.49. The Labute approximate surface area is 83.6 Å². The fraction of sp³-hybridized carbons (Fsp3) is 0.667. The van der Waals surface area contributed by atoms with Crippen molar-refractivity contribution in [1.29, 1.82) is 0 Å². The van der Waals surface area contributed by atoms with Gasteiger partial charge in [0, 0.05) is 13.2 Å². The molecule has 0 aliphatic carbocycles. The summed E-state index contributed by atoms with van der Waals surface area (Å²) in [6.07, 6.45) is 3.04. The second kappa shape index (κ2) is 4.63. The molecule has 0 aliphatic heterocycles. The fourth-order valence-corrected chi connectivity index (χ4v) is 1.18. The van der Waals surface area contributed by atoms with Gasteiger partial charge in [0.2, 0.25) is 0 Å². The van der Waals surface area contributed by atoms with Crippen LogP contribution in [0.4, 0.5) is 0 Å². The zero-order chi connectivity index (χ0) is 9.84. The fourth-order valence-electron chi connectivity index (χ4n) is 0.942. The first-order valence-electron chi connectivity index (χ1n) is 4.43. The lowest BCUT2D eigenvalue weighted by Crippen LogP contribution is -2.06. The summed E-state index contributed by atoms with van der Waals surface area (Å²) in [6, 6.07) is 0. The van der Waals surface area contributed by atoms with Gasteiger partial charge in [-0.3, -0.25) is 4.68 Å². The molecule has 0 saturated heterocycles. The average molecular weight is 203 g/mol. The zero-order valence-corrected chi connectivity index (χ0v) is 9.01. The monoisotopic (exact) mass is 202 g/mol. The Bertz CT molecular complexity index is 273. The van der Waals surface area contributed by atoms with Crippen LogP contribution in [0.1, 0.15) is 26.0 Å². The van der Waals surface area contributed by atoms with Crippen LogP contribution in [0, 0.1) is 0 Å². The van der Waals surface area contributed by atoms with Crippen LogP contribution in [0.2, 0.25) is 5.02 Å². The smallest absolute Gasteiger partial charge is 0.107 e. The van der Waals surface area contributed by atoms with Crippen LogP contribution in [0.25, 0.3) is 0 Å². The predicted octanol–water partition coefficient (Wildman–Crippen LogP) is 2.39. The van der Waals surface area contributed by atoms with Crippen LogP contribution in [0.5, 0.6) is 0 Å². The summed E-state index contributed by atoms with van der Waals surface area (Å²) in [4.78, 5) is 0. The van der Waals surface area contributed by atoms with Crippen LogP contribution in [-0.4, -0.2) is 15.9 Å². The first-order chi connectivity index (χ1) is 6.13. The normalized spacial score (nSPS) is 13.2. The second-order valence-corrected chi connectivity index (χ2v) is 3.53. The molecule has 0 bridgehead atoms. The Hall–Kier alpha value is -0.540. The molecular weight excluding hydrogens is 188 g/mol. The number of rotatable bonds is 4. The van der Waals surface area contributed by atoms with Crippen LogP contribution in [0.15, 0.2) is 6.20 Å². The molecule has 0 spiro atoms. The van der Waals surface area contributed by atoms with Crippen LogP contribution < -0.4 is 0 Å². The van der Waals surface area contributed by atoms with E-state index >= 15 is 0 Å². The molecule has 0 saturated carbocycles. The van der Waals surface area contributed by atoms with Crippen molar-refractivity contribution in [3.05, 3.63) is 16.9 Å². The zero-order valence-electron chi connectivity index (χ0n) is 8.25. The third-order valence-electron chi connectivity index (χ3n) is 1.93. The Morgan fingerprint density at radius 1 is 1.69 bits per heavy atom. The Morgan fingerprint density at radius 2 is 2.38 bits per heavy atom. The summed E-state index contributed by atoms with van der Waals surface area (Å²) in [5, 5.41) is 4.85. The van der Waals surface area contributed by atoms with E-state index < -0.39 is 0 Å². The largest absolute Gasteiger partial charge is 0.372 e. The van der Waals surface area contributed by atoms with Gasteiger partial charge in [0.25, 0.3) is 0 Å². The van der Waals surface area contributed by atoms with Crippen molar-refractivity contribution in [3.8, 4) is 0 Å². The first-order valence-corrected chi connectivity index (χ1v) is 4.81. The van der Waals surface area contributed by atoms with Gasteiger partial charge >= 0.3 is 0 Å². The van der Waals surface area contributed by atoms with Crippen LogP contribution >= 0.6 is 11.6 Å². The van der Waals surface area contributed by atoms with E-state index in [1.54, 1.807) is 10.9 Å². The molecule has 74 valence electrons. The van der Waals surface area contributed by atoms with Gasteiger partial charge in [0.05, 0.1) is 17.7 Å². The maximum atomic E-state index is 5.91. The van der Waals surface area contributed by atoms with Crippen molar-refractivity contribution in [3.63, 3.8) is 0 Å². The second-order valence-electron chi connectivity index (χ2n) is 3.13. The molecule has 0 aliphatic rings. The van der Waals surface area contributed by atoms with Gasteiger partial charge < -0.3 is 4.74 Å². The lowest BCUT2D eigenvalue weighted by Gasteiger charge is -2.08. The summed E-state index contributed by atoms with van der Waals surface area (Å²) >= 11 is 5.91. The van der Waals surface area contributed by atoms with E-state index in [0.29, 0.717) is 11.6 Å². The molecule has 1 unspecified atom stereocenters. The maximum Gasteiger partial charge on any atom is 0.107 e. The van der Waals surface area contributed by atoms with Gasteiger partial charge in [0.1, 0.15) is 5.69 Å². The van der Waals surface area contributed by atoms with E-state index in [1.165, 1.54) is 0 Å². The summed E-state index contributed by atoms with van der Waals surface area (Å²) in [5.74, 6) is 0. The number of halogens is 1. The van der Waals surface area contributed by atoms with Crippen molar-refractivity contribution in [2.24, 2.45) is 7.05 Å². The molecule has 1 heterocycles. The third kappa shape index (κ3) is 3.01. The van der Waals surface area contributed by atoms with Crippen molar-refractivity contribution in [2.75, 3.05) is 0 Å². The highest BCUT2D eigenvalue weighted by Crippen LogP contribution is 2.14. The third-order valence-corrected chi connectivity index (χ3v) is 2.25. The van der Waals surface area contributed by atoms with Crippen molar-refractivity contribution >= 4 is 11.6 Å². The highest BCUT2D eigenvalue weighted by Gasteiger charge is 2.06. The highest BCUT2D eigenvalue weighted by atomic mass is 35.5. The predicted molar refractivity (Wildman–Crippen MR) is 52.8 cm³/mol. The van der Waals surface area contributed by atoms with E-state index in [0.717, 1.165) is 12.1 Å². The summed E-state index contributed by atoms with van der Waals surface area (Å²) in [6.45, 7) is 4.62. The number of hydrogen-bond donors (Lipinski definition) is 0. The van der Waals surface area contributed by atoms with Gasteiger partial charge in [-0.25, -0.2) is 0 Å². The molecule has 13 heavy (non-hydrogen) atoms. The maximum absolute atomic E-state index is 5.91. The van der Waals surface area contributed by atoms with Gasteiger partial charge in [-0.2, -0.15) is 5.10 Å². The van der Waals surface area contributed by atoms with Crippen molar-refractivity contribution in [2.45, 2.75) is 33.0 Å². The van der Waals surface area contributed by atoms with Crippen LogP contribution in [0.3, 0.4) is 0 Å². The quantitative estimate of drug-likeness (QED) is 0.750. The SMILES string of the molecule is CCC(C)OCc1nn(C)cc1Cl. The van der Waals surface area contributed by atoms with E-state index in [9.17, 15) is 0 Å². The average Bonchev–Trinajstić information content (AvgIpc) is 2.41. The molecular formula is C9H15ClN2O. The number of hydrogen-bond acceptors (Lipinski definition) is 2. The molecule has 0 aromatic carbocycles. The van der Waals surface area contributed by atoms with E-state index in [-0.39, 0.29) is 6.10 Å². The number of aryl methyl sites for hydroxylation is 1. The molecule has 1 atom stereocenters. The standard InChI is InChI=1S/C9H15ClN2O/c1-4-7(2)13-6-9-8(10)5-12(3)11-9/h5,7H,4,6H2,1-3H3. The molecule has 1 aromatic heterocycles. The van der Waals surface area contributed by atoms with Gasteiger partial charge in [-0.05, 0) is 13.3 Å². The molecule has 0 fully saturated rings. The first kappa shape index (κ1) is 10.5. The van der Waals surface area contributed by atoms with Crippen molar-refractivity contribution < 1.29 is 4.74 Å². The summed E-state index contributed by atoms with van der Waals surface area (Å²) < 4.78 is 7.20. The summed E-state index contributed by atoms with van der Waals surface area (Å²) in [7, 11) is 1.85. The lowest BCUT2D eigenvalue weighted by molar-refractivity contribution is 0.0487. The Kier molecular flexibility index (Phi) is 3.75. The minimum absolute atomic E-state index is 0.262. The van der Waals surface area contributed by atoms with Crippen molar-refractivity contribution in [1.82, 2.24) is 9.78 Å². The van der Waals surface area contributed by atoms with Gasteiger partial charge in [-0.1, -0.05) is 18.5 Å². The number of ether oxygens (including phenoxy) is 1. The molecule has 3 nitrogen and oxygen atoms in total. The topological polar surface area (TPSA) is 27.1 Å². The highest BCUT2D eigenvalue weighted by molar-refractivity contribution is 6.31. The minimum Gasteiger partial charge on any atom is -0.372 e. The molecule has 1 aromatic rings. The van der Waals surface area contributed by atoms with E-state index in [4.69, 9.17) is 16.3 Å². The minimum atomic E-state index is 0.262. The van der Waals surface area contributed by atoms with E-state index in [2.05, 4.69) is 12.0 Å². The van der Waals surface area contributed by atoms with Gasteiger partial charge in [0.15, 0.2) is 0 Å². The Morgan fingerprint density at radius 3 is 2.85 bits per heavy atom.